The topological polar surface area (TPSA) is 62.7 Å². The molecule has 0 bridgehead atoms. The van der Waals surface area contributed by atoms with Crippen molar-refractivity contribution in [1.29, 1.82) is 0 Å². The predicted octanol–water partition coefficient (Wildman–Crippen LogP) is 1.15. The van der Waals surface area contributed by atoms with Crippen molar-refractivity contribution in [1.82, 2.24) is 9.88 Å². The zero-order valence-electron chi connectivity index (χ0n) is 9.27. The molecule has 1 atom stereocenters. The number of ether oxygens (including phenoxy) is 1. The van der Waals surface area contributed by atoms with E-state index in [1.165, 1.54) is 11.3 Å². The van der Waals surface area contributed by atoms with Gasteiger partial charge in [0.15, 0.2) is 0 Å². The van der Waals surface area contributed by atoms with E-state index in [1.54, 1.807) is 6.92 Å². The van der Waals surface area contributed by atoms with Crippen LogP contribution in [0, 0.1) is 6.92 Å². The van der Waals surface area contributed by atoms with Crippen LogP contribution in [0.15, 0.2) is 0 Å². The Kier molecular flexibility index (Phi) is 3.22. The maximum Gasteiger partial charge on any atom is 0.347 e. The zero-order chi connectivity index (χ0) is 11.7. The Bertz CT molecular complexity index is 405. The van der Waals surface area contributed by atoms with Gasteiger partial charge in [0.1, 0.15) is 16.0 Å². The van der Waals surface area contributed by atoms with Gasteiger partial charge >= 0.3 is 5.97 Å². The molecule has 2 rings (SSSR count). The molecular formula is C10H14N2O3S. The molecule has 0 amide bonds. The molecule has 1 fully saturated rings. The fourth-order valence-corrected chi connectivity index (χ4v) is 2.63. The van der Waals surface area contributed by atoms with Gasteiger partial charge in [-0.3, -0.25) is 0 Å². The molecule has 0 spiro atoms. The Labute approximate surface area is 97.7 Å². The van der Waals surface area contributed by atoms with E-state index >= 15 is 0 Å². The van der Waals surface area contributed by atoms with Gasteiger partial charge in [-0.2, -0.15) is 0 Å². The summed E-state index contributed by atoms with van der Waals surface area (Å²) in [6, 6.07) is 0. The first-order valence-electron chi connectivity index (χ1n) is 5.08. The number of carboxylic acid groups (broad SMARTS) is 1. The molecule has 1 N–H and O–H groups in total. The average molecular weight is 242 g/mol. The van der Waals surface area contributed by atoms with Crippen LogP contribution in [0.5, 0.6) is 0 Å². The maximum absolute atomic E-state index is 10.9. The van der Waals surface area contributed by atoms with Crippen molar-refractivity contribution in [2.24, 2.45) is 0 Å². The molecule has 1 aliphatic heterocycles. The van der Waals surface area contributed by atoms with Crippen LogP contribution in [0.1, 0.15) is 26.5 Å². The van der Waals surface area contributed by atoms with Crippen molar-refractivity contribution in [3.05, 3.63) is 15.6 Å². The third-order valence-corrected chi connectivity index (χ3v) is 3.79. The molecule has 0 saturated carbocycles. The van der Waals surface area contributed by atoms with Crippen molar-refractivity contribution in [2.45, 2.75) is 13.0 Å². The molecule has 0 aliphatic carbocycles. The Hall–Kier alpha value is -0.980. The summed E-state index contributed by atoms with van der Waals surface area (Å²) in [5.41, 5.74) is 0.573. The van der Waals surface area contributed by atoms with E-state index in [9.17, 15) is 4.79 Å². The number of aromatic carboxylic acids is 1. The summed E-state index contributed by atoms with van der Waals surface area (Å²) < 4.78 is 5.60. The number of nitrogens with zero attached hydrogens (tertiary/aromatic N) is 2. The highest BCUT2D eigenvalue weighted by Crippen LogP contribution is 2.28. The lowest BCUT2D eigenvalue weighted by Crippen LogP contribution is -2.35. The van der Waals surface area contributed by atoms with Gasteiger partial charge in [0, 0.05) is 13.1 Å². The van der Waals surface area contributed by atoms with Crippen molar-refractivity contribution >= 4 is 17.3 Å². The quantitative estimate of drug-likeness (QED) is 0.843. The van der Waals surface area contributed by atoms with E-state index in [2.05, 4.69) is 9.88 Å². The summed E-state index contributed by atoms with van der Waals surface area (Å²) in [6.07, 6.45) is -0.0875. The van der Waals surface area contributed by atoms with Gasteiger partial charge in [0.2, 0.25) is 0 Å². The highest BCUT2D eigenvalue weighted by atomic mass is 32.1. The fourth-order valence-electron chi connectivity index (χ4n) is 1.68. The highest BCUT2D eigenvalue weighted by molar-refractivity contribution is 7.13. The standard InChI is InChI=1S/C10H14N2O3S/c1-6-8(10(13)14)16-9(11-6)7-5-12(2)3-4-15-7/h7H,3-5H2,1-2H3,(H,13,14). The lowest BCUT2D eigenvalue weighted by Gasteiger charge is -2.28. The number of likely N-dealkylation sites (N-methyl/N-ethyl adjacent to an activating group) is 1. The Balaban J connectivity index is 2.20. The number of rotatable bonds is 2. The summed E-state index contributed by atoms with van der Waals surface area (Å²) >= 11 is 1.21. The number of morpholine rings is 1. The molecule has 1 saturated heterocycles. The lowest BCUT2D eigenvalue weighted by atomic mass is 10.3. The second-order valence-electron chi connectivity index (χ2n) is 3.89. The van der Waals surface area contributed by atoms with Crippen molar-refractivity contribution in [3.8, 4) is 0 Å². The molecular weight excluding hydrogens is 228 g/mol. The number of aromatic nitrogens is 1. The van der Waals surface area contributed by atoms with Crippen LogP contribution >= 0.6 is 11.3 Å². The molecule has 88 valence electrons. The van der Waals surface area contributed by atoms with Crippen LogP contribution < -0.4 is 0 Å². The largest absolute Gasteiger partial charge is 0.477 e. The number of carbonyl (C=O) groups is 1. The molecule has 0 radical (unpaired) electrons. The molecule has 1 aromatic heterocycles. The summed E-state index contributed by atoms with van der Waals surface area (Å²) in [7, 11) is 2.02. The highest BCUT2D eigenvalue weighted by Gasteiger charge is 2.25. The molecule has 6 heteroatoms. The van der Waals surface area contributed by atoms with Gasteiger partial charge in [-0.15, -0.1) is 11.3 Å². The van der Waals surface area contributed by atoms with Crippen LogP contribution in [0.25, 0.3) is 0 Å². The van der Waals surface area contributed by atoms with Gasteiger partial charge in [0.25, 0.3) is 0 Å². The van der Waals surface area contributed by atoms with Gasteiger partial charge in [-0.1, -0.05) is 0 Å². The van der Waals surface area contributed by atoms with Gasteiger partial charge in [-0.25, -0.2) is 9.78 Å². The molecule has 0 aromatic carbocycles. The van der Waals surface area contributed by atoms with Gasteiger partial charge < -0.3 is 14.7 Å². The van der Waals surface area contributed by atoms with Crippen LogP contribution in [-0.4, -0.2) is 47.7 Å². The predicted molar refractivity (Wildman–Crippen MR) is 60.0 cm³/mol. The van der Waals surface area contributed by atoms with Crippen LogP contribution in [0.4, 0.5) is 0 Å². The molecule has 1 aromatic rings. The third kappa shape index (κ3) is 2.23. The second-order valence-corrected chi connectivity index (χ2v) is 4.92. The smallest absolute Gasteiger partial charge is 0.347 e. The van der Waals surface area contributed by atoms with E-state index in [0.717, 1.165) is 18.1 Å². The van der Waals surface area contributed by atoms with Crippen LogP contribution in [0.3, 0.4) is 0 Å². The normalized spacial score (nSPS) is 22.2. The number of hydrogen-bond acceptors (Lipinski definition) is 5. The summed E-state index contributed by atoms with van der Waals surface area (Å²) in [5, 5.41) is 9.71. The molecule has 2 heterocycles. The number of aryl methyl sites for hydroxylation is 1. The van der Waals surface area contributed by atoms with Crippen LogP contribution in [-0.2, 0) is 4.74 Å². The van der Waals surface area contributed by atoms with E-state index in [4.69, 9.17) is 9.84 Å². The zero-order valence-corrected chi connectivity index (χ0v) is 10.1. The summed E-state index contributed by atoms with van der Waals surface area (Å²) in [4.78, 5) is 17.6. The van der Waals surface area contributed by atoms with Crippen LogP contribution in [0.2, 0.25) is 0 Å². The van der Waals surface area contributed by atoms with E-state index < -0.39 is 5.97 Å². The molecule has 5 nitrogen and oxygen atoms in total. The minimum absolute atomic E-state index is 0.0875. The Morgan fingerprint density at radius 1 is 1.69 bits per heavy atom. The average Bonchev–Trinajstić information content (AvgIpc) is 2.60. The van der Waals surface area contributed by atoms with Crippen molar-refractivity contribution < 1.29 is 14.6 Å². The first kappa shape index (κ1) is 11.5. The van der Waals surface area contributed by atoms with Crippen molar-refractivity contribution in [3.63, 3.8) is 0 Å². The van der Waals surface area contributed by atoms with Gasteiger partial charge in [-0.05, 0) is 14.0 Å². The van der Waals surface area contributed by atoms with Crippen molar-refractivity contribution in [2.75, 3.05) is 26.7 Å². The minimum Gasteiger partial charge on any atom is -0.477 e. The van der Waals surface area contributed by atoms with E-state index in [1.807, 2.05) is 7.05 Å². The Morgan fingerprint density at radius 2 is 2.44 bits per heavy atom. The third-order valence-electron chi connectivity index (χ3n) is 2.55. The SMILES string of the molecule is Cc1nc(C2CN(C)CCO2)sc1C(=O)O. The number of carboxylic acids is 1. The maximum atomic E-state index is 10.9. The Morgan fingerprint density at radius 3 is 3.00 bits per heavy atom. The second kappa shape index (κ2) is 4.48. The first-order chi connectivity index (χ1) is 7.58. The lowest BCUT2D eigenvalue weighted by molar-refractivity contribution is -0.0210. The first-order valence-corrected chi connectivity index (χ1v) is 5.90. The van der Waals surface area contributed by atoms with Gasteiger partial charge in [0.05, 0.1) is 12.3 Å². The molecule has 1 aliphatic rings. The molecule has 16 heavy (non-hydrogen) atoms. The summed E-state index contributed by atoms with van der Waals surface area (Å²) in [5.74, 6) is -0.912. The fraction of sp³-hybridized carbons (Fsp3) is 0.600. The minimum atomic E-state index is -0.912. The number of thiazole rings is 1. The number of hydrogen-bond donors (Lipinski definition) is 1. The monoisotopic (exact) mass is 242 g/mol. The van der Waals surface area contributed by atoms with E-state index in [-0.39, 0.29) is 6.10 Å². The summed E-state index contributed by atoms with van der Waals surface area (Å²) in [6.45, 7) is 4.07. The van der Waals surface area contributed by atoms with E-state index in [0.29, 0.717) is 17.2 Å². The molecule has 1 unspecified atom stereocenters.